The Morgan fingerprint density at radius 3 is 2.39 bits per heavy atom. The zero-order valence-electron chi connectivity index (χ0n) is 21.3. The number of likely N-dealkylation sites (N-methyl/N-ethyl adjacent to an activating group) is 1. The second-order valence-electron chi connectivity index (χ2n) is 9.76. The van der Waals surface area contributed by atoms with Crippen LogP contribution >= 0.6 is 11.8 Å². The average molecular weight is 495 g/mol. The van der Waals surface area contributed by atoms with Crippen molar-refractivity contribution in [3.63, 3.8) is 0 Å². The van der Waals surface area contributed by atoms with Gasteiger partial charge in [-0.15, -0.1) is 10.2 Å². The maximum Gasteiger partial charge on any atom is 0.196 e. The highest BCUT2D eigenvalue weighted by atomic mass is 32.2. The third-order valence-electron chi connectivity index (χ3n) is 7.00. The van der Waals surface area contributed by atoms with E-state index < -0.39 is 0 Å². The van der Waals surface area contributed by atoms with Gasteiger partial charge in [-0.05, 0) is 48.7 Å². The highest BCUT2D eigenvalue weighted by Crippen LogP contribution is 2.46. The number of allylic oxidation sites excluding steroid dienone is 2. The summed E-state index contributed by atoms with van der Waals surface area (Å²) >= 11 is 1.42. The van der Waals surface area contributed by atoms with Gasteiger partial charge in [0, 0.05) is 35.5 Å². The number of benzene rings is 3. The Bertz CT molecular complexity index is 1470. The first-order valence-corrected chi connectivity index (χ1v) is 13.1. The van der Waals surface area contributed by atoms with Gasteiger partial charge in [-0.25, -0.2) is 0 Å². The summed E-state index contributed by atoms with van der Waals surface area (Å²) in [7, 11) is 2.03. The van der Waals surface area contributed by atoms with E-state index in [1.807, 2.05) is 48.0 Å². The SMILES string of the molecule is Cc1ccc(-n2c(SCC(=O)/C=C3/N(C)c4ccccc4C3(C)C)nnc2-c2ccccc2)cc1C. The van der Waals surface area contributed by atoms with Crippen LogP contribution < -0.4 is 4.90 Å². The monoisotopic (exact) mass is 494 g/mol. The molecule has 0 atom stereocenters. The predicted molar refractivity (Wildman–Crippen MR) is 148 cm³/mol. The molecule has 1 aromatic heterocycles. The lowest BCUT2D eigenvalue weighted by Gasteiger charge is -2.23. The van der Waals surface area contributed by atoms with Crippen molar-refractivity contribution in [2.45, 2.75) is 38.3 Å². The summed E-state index contributed by atoms with van der Waals surface area (Å²) in [4.78, 5) is 15.3. The molecule has 0 saturated carbocycles. The van der Waals surface area contributed by atoms with Gasteiger partial charge in [0.05, 0.1) is 11.4 Å². The molecule has 36 heavy (non-hydrogen) atoms. The lowest BCUT2D eigenvalue weighted by Crippen LogP contribution is -2.24. The van der Waals surface area contributed by atoms with E-state index in [9.17, 15) is 4.79 Å². The molecule has 182 valence electrons. The van der Waals surface area contributed by atoms with Gasteiger partial charge < -0.3 is 4.90 Å². The minimum atomic E-state index is -0.231. The van der Waals surface area contributed by atoms with Crippen molar-refractivity contribution in [1.29, 1.82) is 0 Å². The van der Waals surface area contributed by atoms with E-state index in [4.69, 9.17) is 0 Å². The number of thioether (sulfide) groups is 1. The van der Waals surface area contributed by atoms with E-state index >= 15 is 0 Å². The fourth-order valence-corrected chi connectivity index (χ4v) is 5.60. The molecule has 4 aromatic rings. The Balaban J connectivity index is 1.45. The minimum absolute atomic E-state index is 0.0543. The standard InChI is InChI=1S/C30H30N4OS/c1-20-15-16-23(17-21(20)2)34-28(22-11-7-6-8-12-22)31-32-29(34)36-19-24(35)18-27-30(3,4)25-13-9-10-14-26(25)33(27)5/h6-18H,19H2,1-5H3/b27-18+. The topological polar surface area (TPSA) is 51.0 Å². The number of carbonyl (C=O) groups is 1. The number of anilines is 1. The average Bonchev–Trinajstić information content (AvgIpc) is 3.38. The van der Waals surface area contributed by atoms with Crippen LogP contribution in [0.4, 0.5) is 5.69 Å². The summed E-state index contributed by atoms with van der Waals surface area (Å²) in [5.74, 6) is 1.10. The van der Waals surface area contributed by atoms with Crippen LogP contribution in [0, 0.1) is 13.8 Å². The molecule has 0 bridgehead atoms. The number of carbonyl (C=O) groups excluding carboxylic acids is 1. The summed E-state index contributed by atoms with van der Waals surface area (Å²) < 4.78 is 2.05. The van der Waals surface area contributed by atoms with E-state index in [0.29, 0.717) is 5.16 Å². The van der Waals surface area contributed by atoms with Crippen molar-refractivity contribution < 1.29 is 4.79 Å². The summed E-state index contributed by atoms with van der Waals surface area (Å²) in [5.41, 5.74) is 7.56. The third kappa shape index (κ3) is 4.26. The number of aryl methyl sites for hydroxylation is 2. The number of aromatic nitrogens is 3. The van der Waals surface area contributed by atoms with Crippen molar-refractivity contribution in [3.8, 4) is 17.1 Å². The first kappa shape index (κ1) is 24.1. The van der Waals surface area contributed by atoms with Crippen molar-refractivity contribution in [2.75, 3.05) is 17.7 Å². The van der Waals surface area contributed by atoms with Crippen molar-refractivity contribution >= 4 is 23.2 Å². The second kappa shape index (κ2) is 9.43. The number of hydrogen-bond donors (Lipinski definition) is 0. The van der Waals surface area contributed by atoms with Gasteiger partial charge in [-0.2, -0.15) is 0 Å². The second-order valence-corrected chi connectivity index (χ2v) is 10.7. The molecule has 0 unspecified atom stereocenters. The summed E-state index contributed by atoms with van der Waals surface area (Å²) in [6, 6.07) is 24.7. The Kier molecular flexibility index (Phi) is 6.31. The first-order chi connectivity index (χ1) is 17.3. The normalized spacial score (nSPS) is 15.4. The predicted octanol–water partition coefficient (Wildman–Crippen LogP) is 6.52. The number of fused-ring (bicyclic) bond motifs is 1. The van der Waals surface area contributed by atoms with Gasteiger partial charge in [0.15, 0.2) is 16.8 Å². The van der Waals surface area contributed by atoms with Crippen LogP contribution in [0.2, 0.25) is 0 Å². The molecule has 0 fully saturated rings. The smallest absolute Gasteiger partial charge is 0.196 e. The van der Waals surface area contributed by atoms with Gasteiger partial charge in [0.1, 0.15) is 0 Å². The molecular weight excluding hydrogens is 464 g/mol. The van der Waals surface area contributed by atoms with E-state index in [0.717, 1.165) is 28.5 Å². The number of nitrogens with zero attached hydrogens (tertiary/aromatic N) is 4. The van der Waals surface area contributed by atoms with Crippen LogP contribution in [0.15, 0.2) is 89.7 Å². The minimum Gasteiger partial charge on any atom is -0.347 e. The van der Waals surface area contributed by atoms with Crippen molar-refractivity contribution in [2.24, 2.45) is 0 Å². The molecule has 0 N–H and O–H groups in total. The molecular formula is C30H30N4OS. The summed E-state index contributed by atoms with van der Waals surface area (Å²) in [6.45, 7) is 8.55. The summed E-state index contributed by atoms with van der Waals surface area (Å²) in [5, 5.41) is 9.71. The Morgan fingerprint density at radius 2 is 1.67 bits per heavy atom. The molecule has 3 aromatic carbocycles. The molecule has 0 saturated heterocycles. The molecule has 5 rings (SSSR count). The Morgan fingerprint density at radius 1 is 0.944 bits per heavy atom. The Hall–Kier alpha value is -3.64. The fourth-order valence-electron chi connectivity index (χ4n) is 4.82. The maximum absolute atomic E-state index is 13.2. The molecule has 1 aliphatic heterocycles. The van der Waals surface area contributed by atoms with Crippen LogP contribution in [0.1, 0.15) is 30.5 Å². The van der Waals surface area contributed by atoms with Crippen LogP contribution in [-0.4, -0.2) is 33.3 Å². The van der Waals surface area contributed by atoms with Gasteiger partial charge >= 0.3 is 0 Å². The Labute approximate surface area is 216 Å². The van der Waals surface area contributed by atoms with Crippen LogP contribution in [0.25, 0.3) is 17.1 Å². The van der Waals surface area contributed by atoms with E-state index in [1.165, 1.54) is 28.5 Å². The van der Waals surface area contributed by atoms with E-state index in [1.54, 1.807) is 6.08 Å². The van der Waals surface area contributed by atoms with Gasteiger partial charge in [-0.3, -0.25) is 9.36 Å². The molecule has 5 nitrogen and oxygen atoms in total. The third-order valence-corrected chi connectivity index (χ3v) is 7.95. The molecule has 0 spiro atoms. The molecule has 0 radical (unpaired) electrons. The molecule has 1 aliphatic rings. The van der Waals surface area contributed by atoms with Crippen molar-refractivity contribution in [3.05, 3.63) is 101 Å². The van der Waals surface area contributed by atoms with Crippen LogP contribution in [-0.2, 0) is 10.2 Å². The highest BCUT2D eigenvalue weighted by molar-refractivity contribution is 7.99. The van der Waals surface area contributed by atoms with Gasteiger partial charge in [0.25, 0.3) is 0 Å². The van der Waals surface area contributed by atoms with E-state index in [-0.39, 0.29) is 17.0 Å². The molecule has 0 amide bonds. The molecule has 6 heteroatoms. The quantitative estimate of drug-likeness (QED) is 0.225. The number of para-hydroxylation sites is 1. The summed E-state index contributed by atoms with van der Waals surface area (Å²) in [6.07, 6.45) is 1.79. The van der Waals surface area contributed by atoms with Crippen LogP contribution in [0.5, 0.6) is 0 Å². The van der Waals surface area contributed by atoms with Gasteiger partial charge in [-0.1, -0.05) is 80.2 Å². The number of ketones is 1. The van der Waals surface area contributed by atoms with Crippen LogP contribution in [0.3, 0.4) is 0 Å². The zero-order valence-corrected chi connectivity index (χ0v) is 22.1. The lowest BCUT2D eigenvalue weighted by molar-refractivity contribution is -0.112. The number of hydrogen-bond acceptors (Lipinski definition) is 5. The number of rotatable bonds is 6. The first-order valence-electron chi connectivity index (χ1n) is 12.1. The van der Waals surface area contributed by atoms with Gasteiger partial charge in [0.2, 0.25) is 0 Å². The zero-order chi connectivity index (χ0) is 25.4. The fraction of sp³-hybridized carbons (Fsp3) is 0.233. The highest BCUT2D eigenvalue weighted by Gasteiger charge is 2.38. The van der Waals surface area contributed by atoms with Crippen molar-refractivity contribution in [1.82, 2.24) is 14.8 Å². The largest absolute Gasteiger partial charge is 0.347 e. The molecule has 2 heterocycles. The molecule has 0 aliphatic carbocycles. The van der Waals surface area contributed by atoms with E-state index in [2.05, 4.69) is 79.2 Å². The maximum atomic E-state index is 13.2. The lowest BCUT2D eigenvalue weighted by atomic mass is 9.83.